The maximum Gasteiger partial charge on any atom is 0.459 e. The molecule has 0 aliphatic rings. The van der Waals surface area contributed by atoms with E-state index < -0.39 is 68.3 Å². The van der Waals surface area contributed by atoms with Crippen LogP contribution < -0.4 is 21.0 Å². The Kier molecular flexibility index (Phi) is 9.62. The van der Waals surface area contributed by atoms with E-state index in [2.05, 4.69) is 9.51 Å². The normalized spacial score (nSPS) is 15.1. The zero-order valence-corrected chi connectivity index (χ0v) is 21.1. The number of nitrogens with one attached hydrogen (secondary N) is 1. The molecule has 1 aromatic carbocycles. The molecular weight excluding hydrogens is 549 g/mol. The second-order valence-corrected chi connectivity index (χ2v) is 9.95. The molecule has 0 aliphatic carbocycles. The Morgan fingerprint density at radius 3 is 2.24 bits per heavy atom. The van der Waals surface area contributed by atoms with Gasteiger partial charge >= 0.3 is 37.2 Å². The SMILES string of the molecule is CC(C)OC(=O)[C@H](C)NP(=O)(OCC(F)(F)C(F)(F)C(F)(F)Cn1ccc(N)nc1=O)Oc1ccccc1. The number of rotatable bonds is 13. The van der Waals surface area contributed by atoms with Crippen LogP contribution in [0.1, 0.15) is 20.8 Å². The van der Waals surface area contributed by atoms with Crippen molar-refractivity contribution in [2.75, 3.05) is 12.3 Å². The van der Waals surface area contributed by atoms with Gasteiger partial charge in [0.25, 0.3) is 0 Å². The number of nitrogens with two attached hydrogens (primary N) is 1. The predicted molar refractivity (Wildman–Crippen MR) is 122 cm³/mol. The zero-order valence-electron chi connectivity index (χ0n) is 20.2. The molecule has 2 aromatic rings. The van der Waals surface area contributed by atoms with Gasteiger partial charge in [-0.2, -0.15) is 36.4 Å². The van der Waals surface area contributed by atoms with E-state index in [0.29, 0.717) is 6.20 Å². The molecule has 0 aliphatic heterocycles. The number of carbonyl (C=O) groups is 1. The molecule has 0 saturated carbocycles. The van der Waals surface area contributed by atoms with E-state index in [-0.39, 0.29) is 10.3 Å². The smallest absolute Gasteiger partial charge is 0.459 e. The molecule has 10 nitrogen and oxygen atoms in total. The number of anilines is 1. The van der Waals surface area contributed by atoms with Gasteiger partial charge in [0.1, 0.15) is 24.2 Å². The third kappa shape index (κ3) is 7.71. The first-order chi connectivity index (χ1) is 17.4. The van der Waals surface area contributed by atoms with E-state index in [1.165, 1.54) is 44.2 Å². The van der Waals surface area contributed by atoms with E-state index in [0.717, 1.165) is 13.0 Å². The lowest BCUT2D eigenvalue weighted by molar-refractivity contribution is -0.318. The minimum absolute atomic E-state index is 0.0335. The number of nitrogen functional groups attached to an aromatic ring is 1. The standard InChI is InChI=1S/C21H25F6N4O6P/c1-13(2)36-17(32)14(3)30-38(34,37-15-7-5-4-6-8-15)35-12-20(24,25)21(26,27)19(22,23)11-31-10-9-16(28)29-18(31)33/h4-10,13-14H,11-12H2,1-3H3,(H,30,34)(H2,28,29,33)/t14-,38?/m0/s1. The molecule has 1 heterocycles. The molecule has 0 spiro atoms. The van der Waals surface area contributed by atoms with Crippen molar-refractivity contribution in [1.29, 1.82) is 0 Å². The summed E-state index contributed by atoms with van der Waals surface area (Å²) < 4.78 is 114. The molecule has 1 unspecified atom stereocenters. The highest BCUT2D eigenvalue weighted by Gasteiger charge is 2.72. The third-order valence-corrected chi connectivity index (χ3v) is 6.25. The first kappa shape index (κ1) is 31.1. The van der Waals surface area contributed by atoms with Crippen LogP contribution in [0, 0.1) is 0 Å². The van der Waals surface area contributed by atoms with Gasteiger partial charge in [-0.25, -0.2) is 9.36 Å². The number of esters is 1. The van der Waals surface area contributed by atoms with E-state index >= 15 is 0 Å². The van der Waals surface area contributed by atoms with Crippen LogP contribution in [0.15, 0.2) is 47.4 Å². The van der Waals surface area contributed by atoms with Crippen LogP contribution in [-0.2, 0) is 25.2 Å². The minimum atomic E-state index is -6.12. The highest BCUT2D eigenvalue weighted by molar-refractivity contribution is 7.52. The summed E-state index contributed by atoms with van der Waals surface area (Å²) in [5.41, 5.74) is 3.71. The number of aromatic nitrogens is 2. The number of ether oxygens (including phenoxy) is 1. The van der Waals surface area contributed by atoms with Crippen molar-refractivity contribution in [2.24, 2.45) is 0 Å². The number of halogens is 6. The molecule has 17 heteroatoms. The Hall–Kier alpha value is -3.10. The number of benzene rings is 1. The van der Waals surface area contributed by atoms with Crippen LogP contribution in [0.3, 0.4) is 0 Å². The van der Waals surface area contributed by atoms with Gasteiger partial charge in [0.05, 0.1) is 12.6 Å². The molecule has 0 saturated heterocycles. The molecule has 2 atom stereocenters. The van der Waals surface area contributed by atoms with Gasteiger partial charge in [-0.05, 0) is 39.0 Å². The van der Waals surface area contributed by atoms with Gasteiger partial charge in [0.15, 0.2) is 0 Å². The van der Waals surface area contributed by atoms with Gasteiger partial charge in [-0.15, -0.1) is 0 Å². The predicted octanol–water partition coefficient (Wildman–Crippen LogP) is 3.86. The van der Waals surface area contributed by atoms with Crippen LogP contribution in [0.5, 0.6) is 5.75 Å². The first-order valence-corrected chi connectivity index (χ1v) is 12.4. The molecule has 2 rings (SSSR count). The average Bonchev–Trinajstić information content (AvgIpc) is 2.79. The highest BCUT2D eigenvalue weighted by atomic mass is 31.2. The number of carbonyl (C=O) groups excluding carboxylic acids is 1. The zero-order chi connectivity index (χ0) is 28.9. The Morgan fingerprint density at radius 2 is 1.68 bits per heavy atom. The van der Waals surface area contributed by atoms with Crippen molar-refractivity contribution in [3.8, 4) is 5.75 Å². The fraction of sp³-hybridized carbons (Fsp3) is 0.476. The van der Waals surface area contributed by atoms with Gasteiger partial charge in [0, 0.05) is 6.20 Å². The monoisotopic (exact) mass is 574 g/mol. The van der Waals surface area contributed by atoms with Crippen LogP contribution in [0.2, 0.25) is 0 Å². The van der Waals surface area contributed by atoms with Gasteiger partial charge in [0.2, 0.25) is 0 Å². The fourth-order valence-electron chi connectivity index (χ4n) is 2.73. The second-order valence-electron chi connectivity index (χ2n) is 8.26. The van der Waals surface area contributed by atoms with Crippen LogP contribution in [-0.4, -0.2) is 52.0 Å². The fourth-order valence-corrected chi connectivity index (χ4v) is 4.23. The maximum absolute atomic E-state index is 14.5. The van der Waals surface area contributed by atoms with Crippen LogP contribution in [0.25, 0.3) is 0 Å². The number of alkyl halides is 6. The molecule has 38 heavy (non-hydrogen) atoms. The maximum atomic E-state index is 14.5. The van der Waals surface area contributed by atoms with Crippen molar-refractivity contribution in [1.82, 2.24) is 14.6 Å². The van der Waals surface area contributed by atoms with Crippen LogP contribution >= 0.6 is 7.75 Å². The topological polar surface area (TPSA) is 135 Å². The van der Waals surface area contributed by atoms with Crippen molar-refractivity contribution in [3.05, 3.63) is 53.1 Å². The summed E-state index contributed by atoms with van der Waals surface area (Å²) in [5.74, 6) is -19.0. The molecule has 0 amide bonds. The van der Waals surface area contributed by atoms with Crippen molar-refractivity contribution >= 4 is 19.5 Å². The molecule has 3 N–H and O–H groups in total. The summed E-state index contributed by atoms with van der Waals surface area (Å²) in [7, 11) is -5.08. The molecule has 1 aromatic heterocycles. The molecule has 0 fully saturated rings. The van der Waals surface area contributed by atoms with Crippen molar-refractivity contribution < 1.29 is 49.5 Å². The first-order valence-electron chi connectivity index (χ1n) is 10.8. The lowest BCUT2D eigenvalue weighted by Crippen LogP contribution is -2.58. The summed E-state index contributed by atoms with van der Waals surface area (Å²) >= 11 is 0. The molecular formula is C21H25F6N4O6P. The minimum Gasteiger partial charge on any atom is -0.462 e. The number of hydrogen-bond donors (Lipinski definition) is 2. The van der Waals surface area contributed by atoms with Crippen molar-refractivity contribution in [3.63, 3.8) is 0 Å². The van der Waals surface area contributed by atoms with E-state index in [9.17, 15) is 40.5 Å². The quantitative estimate of drug-likeness (QED) is 0.208. The summed E-state index contributed by atoms with van der Waals surface area (Å²) in [5, 5.41) is 1.97. The lowest BCUT2D eigenvalue weighted by atomic mass is 10.1. The number of nitrogens with zero attached hydrogens (tertiary/aromatic N) is 2. The Balaban J connectivity index is 2.28. The summed E-state index contributed by atoms with van der Waals surface area (Å²) in [4.78, 5) is 26.8. The Bertz CT molecular complexity index is 1210. The van der Waals surface area contributed by atoms with Gasteiger partial charge in [-0.1, -0.05) is 18.2 Å². The van der Waals surface area contributed by atoms with E-state index in [4.69, 9.17) is 15.0 Å². The van der Waals surface area contributed by atoms with Crippen molar-refractivity contribution in [2.45, 2.75) is 57.2 Å². The highest BCUT2D eigenvalue weighted by Crippen LogP contribution is 2.51. The summed E-state index contributed by atoms with van der Waals surface area (Å²) in [6.07, 6.45) is -0.0525. The molecule has 0 radical (unpaired) electrons. The third-order valence-electron chi connectivity index (χ3n) is 4.63. The average molecular weight is 574 g/mol. The molecule has 0 bridgehead atoms. The van der Waals surface area contributed by atoms with Gasteiger partial charge < -0.3 is 15.0 Å². The van der Waals surface area contributed by atoms with E-state index in [1.807, 2.05) is 5.09 Å². The van der Waals surface area contributed by atoms with Gasteiger partial charge in [-0.3, -0.25) is 13.9 Å². The molecule has 212 valence electrons. The van der Waals surface area contributed by atoms with E-state index in [1.54, 1.807) is 0 Å². The second kappa shape index (κ2) is 11.7. The number of hydrogen-bond acceptors (Lipinski definition) is 8. The largest absolute Gasteiger partial charge is 0.462 e. The van der Waals surface area contributed by atoms with Crippen LogP contribution in [0.4, 0.5) is 32.2 Å². The summed E-state index contributed by atoms with van der Waals surface area (Å²) in [6.45, 7) is -0.658. The Morgan fingerprint density at radius 1 is 1.08 bits per heavy atom. The lowest BCUT2D eigenvalue weighted by Gasteiger charge is -2.33. The Labute approximate surface area is 212 Å². The summed E-state index contributed by atoms with van der Waals surface area (Å²) in [6, 6.07) is 5.98. The number of para-hydroxylation sites is 1.